The second-order valence-electron chi connectivity index (χ2n) is 5.77. The minimum Gasteiger partial charge on any atom is -0.388 e. The molecule has 2 aromatic rings. The Morgan fingerprint density at radius 3 is 2.35 bits per heavy atom. The van der Waals surface area contributed by atoms with E-state index < -0.39 is 0 Å². The van der Waals surface area contributed by atoms with Crippen LogP contribution >= 0.6 is 0 Å². The average molecular weight is 270 g/mol. The Hall–Kier alpha value is -1.34. The smallest absolute Gasteiger partial charge is 0.0824 e. The molecule has 0 aliphatic heterocycles. The minimum absolute atomic E-state index is 0.350. The van der Waals surface area contributed by atoms with E-state index in [0.717, 1.165) is 18.4 Å². The fourth-order valence-electron chi connectivity index (χ4n) is 3.04. The van der Waals surface area contributed by atoms with Crippen LogP contribution in [0, 0.1) is 12.8 Å². The lowest BCUT2D eigenvalue weighted by Gasteiger charge is -2.23. The summed E-state index contributed by atoms with van der Waals surface area (Å²) in [6.07, 6.45) is 4.17. The molecule has 20 heavy (non-hydrogen) atoms. The summed E-state index contributed by atoms with van der Waals surface area (Å²) in [7, 11) is 0. The monoisotopic (exact) mass is 270 g/mol. The Balaban J connectivity index is 2.38. The first kappa shape index (κ1) is 15.1. The molecule has 0 aromatic heterocycles. The Morgan fingerprint density at radius 1 is 1.00 bits per heavy atom. The fourth-order valence-corrected chi connectivity index (χ4v) is 3.04. The Kier molecular flexibility index (Phi) is 5.19. The number of aliphatic hydroxyl groups excluding tert-OH is 1. The number of fused-ring (bicyclic) bond motifs is 1. The van der Waals surface area contributed by atoms with Crippen LogP contribution in [0.4, 0.5) is 0 Å². The molecular formula is C19H26O. The van der Waals surface area contributed by atoms with Crippen LogP contribution < -0.4 is 0 Å². The summed E-state index contributed by atoms with van der Waals surface area (Å²) in [6, 6.07) is 12.6. The van der Waals surface area contributed by atoms with Gasteiger partial charge in [-0.05, 0) is 41.2 Å². The third-order valence-corrected chi connectivity index (χ3v) is 4.39. The SMILES string of the molecule is CCCCC(CC)C(O)c1ccc(C)c2ccccc12. The summed E-state index contributed by atoms with van der Waals surface area (Å²) >= 11 is 0. The average Bonchev–Trinajstić information content (AvgIpc) is 2.48. The van der Waals surface area contributed by atoms with E-state index in [1.54, 1.807) is 0 Å². The summed E-state index contributed by atoms with van der Waals surface area (Å²) in [5, 5.41) is 13.3. The van der Waals surface area contributed by atoms with E-state index in [1.807, 2.05) is 0 Å². The van der Waals surface area contributed by atoms with Gasteiger partial charge in [0.2, 0.25) is 0 Å². The van der Waals surface area contributed by atoms with Gasteiger partial charge in [-0.25, -0.2) is 0 Å². The van der Waals surface area contributed by atoms with Gasteiger partial charge in [0.15, 0.2) is 0 Å². The molecular weight excluding hydrogens is 244 g/mol. The third-order valence-electron chi connectivity index (χ3n) is 4.39. The van der Waals surface area contributed by atoms with Gasteiger partial charge in [0.05, 0.1) is 6.10 Å². The maximum Gasteiger partial charge on any atom is 0.0824 e. The normalized spacial score (nSPS) is 14.4. The molecule has 0 radical (unpaired) electrons. The zero-order valence-corrected chi connectivity index (χ0v) is 12.9. The summed E-state index contributed by atoms with van der Waals surface area (Å²) in [5.74, 6) is 0.362. The number of aliphatic hydroxyl groups is 1. The van der Waals surface area contributed by atoms with Crippen LogP contribution in [0.5, 0.6) is 0 Å². The molecule has 1 nitrogen and oxygen atoms in total. The van der Waals surface area contributed by atoms with E-state index in [0.29, 0.717) is 5.92 Å². The van der Waals surface area contributed by atoms with E-state index in [-0.39, 0.29) is 6.10 Å². The molecule has 0 fully saturated rings. The van der Waals surface area contributed by atoms with Gasteiger partial charge in [-0.15, -0.1) is 0 Å². The molecule has 2 atom stereocenters. The van der Waals surface area contributed by atoms with Crippen LogP contribution in [-0.4, -0.2) is 5.11 Å². The molecule has 1 heteroatoms. The first-order valence-corrected chi connectivity index (χ1v) is 7.85. The lowest BCUT2D eigenvalue weighted by molar-refractivity contribution is 0.100. The van der Waals surface area contributed by atoms with Gasteiger partial charge in [-0.2, -0.15) is 0 Å². The van der Waals surface area contributed by atoms with Crippen molar-refractivity contribution in [1.82, 2.24) is 0 Å². The van der Waals surface area contributed by atoms with E-state index in [9.17, 15) is 5.11 Å². The minimum atomic E-state index is -0.350. The summed E-state index contributed by atoms with van der Waals surface area (Å²) < 4.78 is 0. The zero-order chi connectivity index (χ0) is 14.5. The maximum absolute atomic E-state index is 10.8. The first-order valence-electron chi connectivity index (χ1n) is 7.85. The van der Waals surface area contributed by atoms with Crippen molar-refractivity contribution in [1.29, 1.82) is 0 Å². The van der Waals surface area contributed by atoms with Crippen molar-refractivity contribution >= 4 is 10.8 Å². The van der Waals surface area contributed by atoms with Gasteiger partial charge in [0.25, 0.3) is 0 Å². The molecule has 0 heterocycles. The molecule has 0 amide bonds. The first-order chi connectivity index (χ1) is 9.69. The molecule has 1 N–H and O–H groups in total. The number of aryl methyl sites for hydroxylation is 1. The van der Waals surface area contributed by atoms with Crippen molar-refractivity contribution in [3.8, 4) is 0 Å². The Bertz CT molecular complexity index is 559. The zero-order valence-electron chi connectivity index (χ0n) is 12.9. The predicted molar refractivity (Wildman–Crippen MR) is 87.0 cm³/mol. The van der Waals surface area contributed by atoms with E-state index in [2.05, 4.69) is 57.2 Å². The molecule has 0 saturated heterocycles. The predicted octanol–water partition coefficient (Wildman–Crippen LogP) is 5.40. The largest absolute Gasteiger partial charge is 0.388 e. The van der Waals surface area contributed by atoms with Crippen molar-refractivity contribution in [3.05, 3.63) is 47.5 Å². The number of benzene rings is 2. The van der Waals surface area contributed by atoms with E-state index in [1.165, 1.54) is 29.2 Å². The highest BCUT2D eigenvalue weighted by Crippen LogP contribution is 2.34. The third kappa shape index (κ3) is 3.04. The van der Waals surface area contributed by atoms with Crippen molar-refractivity contribution < 1.29 is 5.11 Å². The van der Waals surface area contributed by atoms with Gasteiger partial charge in [0.1, 0.15) is 0 Å². The van der Waals surface area contributed by atoms with Gasteiger partial charge in [-0.3, -0.25) is 0 Å². The topological polar surface area (TPSA) is 20.2 Å². The lowest BCUT2D eigenvalue weighted by atomic mass is 9.86. The number of hydrogen-bond acceptors (Lipinski definition) is 1. The summed E-state index contributed by atoms with van der Waals surface area (Å²) in [4.78, 5) is 0. The standard InChI is InChI=1S/C19H26O/c1-4-6-9-15(5-2)19(20)18-13-12-14(3)16-10-7-8-11-17(16)18/h7-8,10-13,15,19-20H,4-6,9H2,1-3H3. The molecule has 2 aromatic carbocycles. The number of hydrogen-bond donors (Lipinski definition) is 1. The van der Waals surface area contributed by atoms with Crippen LogP contribution in [-0.2, 0) is 0 Å². The van der Waals surface area contributed by atoms with Gasteiger partial charge < -0.3 is 5.11 Å². The Labute approximate surface area is 122 Å². The molecule has 0 bridgehead atoms. The van der Waals surface area contributed by atoms with Gasteiger partial charge in [-0.1, -0.05) is 69.5 Å². The van der Waals surface area contributed by atoms with Crippen molar-refractivity contribution in [2.24, 2.45) is 5.92 Å². The fraction of sp³-hybridized carbons (Fsp3) is 0.474. The molecule has 0 aliphatic rings. The molecule has 0 aliphatic carbocycles. The van der Waals surface area contributed by atoms with E-state index in [4.69, 9.17) is 0 Å². The van der Waals surface area contributed by atoms with Crippen molar-refractivity contribution in [3.63, 3.8) is 0 Å². The molecule has 0 saturated carbocycles. The second kappa shape index (κ2) is 6.90. The van der Waals surface area contributed by atoms with Crippen LogP contribution in [0.1, 0.15) is 56.8 Å². The highest BCUT2D eigenvalue weighted by molar-refractivity contribution is 5.88. The van der Waals surface area contributed by atoms with Crippen LogP contribution in [0.25, 0.3) is 10.8 Å². The maximum atomic E-state index is 10.8. The van der Waals surface area contributed by atoms with Gasteiger partial charge >= 0.3 is 0 Å². The molecule has 2 rings (SSSR count). The molecule has 2 unspecified atom stereocenters. The molecule has 0 spiro atoms. The highest BCUT2D eigenvalue weighted by Gasteiger charge is 2.20. The summed E-state index contributed by atoms with van der Waals surface area (Å²) in [6.45, 7) is 6.52. The van der Waals surface area contributed by atoms with Crippen LogP contribution in [0.3, 0.4) is 0 Å². The van der Waals surface area contributed by atoms with Crippen LogP contribution in [0.2, 0.25) is 0 Å². The van der Waals surface area contributed by atoms with E-state index >= 15 is 0 Å². The van der Waals surface area contributed by atoms with Gasteiger partial charge in [0, 0.05) is 0 Å². The van der Waals surface area contributed by atoms with Crippen LogP contribution in [0.15, 0.2) is 36.4 Å². The van der Waals surface area contributed by atoms with Crippen molar-refractivity contribution in [2.45, 2.75) is 52.6 Å². The second-order valence-corrected chi connectivity index (χ2v) is 5.77. The highest BCUT2D eigenvalue weighted by atomic mass is 16.3. The summed E-state index contributed by atoms with van der Waals surface area (Å²) in [5.41, 5.74) is 2.37. The Morgan fingerprint density at radius 2 is 1.70 bits per heavy atom. The molecule has 108 valence electrons. The number of rotatable bonds is 6. The van der Waals surface area contributed by atoms with Crippen molar-refractivity contribution in [2.75, 3.05) is 0 Å². The lowest BCUT2D eigenvalue weighted by Crippen LogP contribution is -2.12. The quantitative estimate of drug-likeness (QED) is 0.745. The number of unbranched alkanes of at least 4 members (excludes halogenated alkanes) is 1.